The number of fused-ring (bicyclic) bond motifs is 2. The number of benzene rings is 7. The number of amides is 2. The van der Waals surface area contributed by atoms with E-state index < -0.39 is 23.1 Å². The average molecular weight is 1010 g/mol. The van der Waals surface area contributed by atoms with Crippen LogP contribution in [-0.2, 0) is 0 Å². The van der Waals surface area contributed by atoms with Crippen molar-refractivity contribution in [2.75, 3.05) is 63.1 Å². The van der Waals surface area contributed by atoms with Gasteiger partial charge in [0.15, 0.2) is 0 Å². The second kappa shape index (κ2) is 22.9. The summed E-state index contributed by atoms with van der Waals surface area (Å²) in [6.45, 7) is 7.45. The lowest BCUT2D eigenvalue weighted by atomic mass is 9.93. The lowest BCUT2D eigenvalue weighted by Gasteiger charge is -2.26. The Balaban J connectivity index is 0.761. The Morgan fingerprint density at radius 1 is 0.421 bits per heavy atom. The van der Waals surface area contributed by atoms with Gasteiger partial charge < -0.3 is 28.9 Å². The van der Waals surface area contributed by atoms with Crippen molar-refractivity contribution in [1.82, 2.24) is 9.80 Å². The number of hydrogen-bond acceptors (Lipinski definition) is 10. The summed E-state index contributed by atoms with van der Waals surface area (Å²) in [7, 11) is 0. The highest BCUT2D eigenvalue weighted by molar-refractivity contribution is 6.09. The third-order valence-corrected chi connectivity index (χ3v) is 14.4. The molecule has 2 aliphatic rings. The molecule has 12 heteroatoms. The fraction of sp³-hybridized carbons (Fsp3) is 0.219. The Labute approximate surface area is 440 Å². The van der Waals surface area contributed by atoms with Gasteiger partial charge in [-0.2, -0.15) is 0 Å². The Morgan fingerprint density at radius 3 is 1.20 bits per heavy atom. The monoisotopic (exact) mass is 1010 g/mol. The van der Waals surface area contributed by atoms with E-state index in [1.807, 2.05) is 84.9 Å². The van der Waals surface area contributed by atoms with Gasteiger partial charge in [-0.1, -0.05) is 104 Å². The Hall–Kier alpha value is -8.58. The molecular formula is C64H58N4O8. The van der Waals surface area contributed by atoms with E-state index >= 15 is 0 Å². The molecule has 0 atom stereocenters. The van der Waals surface area contributed by atoms with Gasteiger partial charge in [0.2, 0.25) is 0 Å². The minimum Gasteiger partial charge on any atom is -0.492 e. The first-order chi connectivity index (χ1) is 37.3. The average Bonchev–Trinajstić information content (AvgIpc) is 3.52. The molecule has 11 rings (SSSR count). The van der Waals surface area contributed by atoms with Crippen LogP contribution >= 0.6 is 0 Å². The number of hydrogen-bond donors (Lipinski definition) is 2. The van der Waals surface area contributed by atoms with Crippen molar-refractivity contribution >= 4 is 45.1 Å². The van der Waals surface area contributed by atoms with Crippen LogP contribution in [0.2, 0.25) is 0 Å². The molecule has 2 aliphatic heterocycles. The molecule has 0 bridgehead atoms. The van der Waals surface area contributed by atoms with Crippen LogP contribution in [0.3, 0.4) is 0 Å². The van der Waals surface area contributed by atoms with E-state index in [1.54, 1.807) is 78.9 Å². The zero-order chi connectivity index (χ0) is 51.8. The third kappa shape index (κ3) is 11.2. The van der Waals surface area contributed by atoms with Gasteiger partial charge in [0.1, 0.15) is 35.9 Å². The topological polar surface area (TPSA) is 144 Å². The van der Waals surface area contributed by atoms with E-state index in [-0.39, 0.29) is 11.1 Å². The van der Waals surface area contributed by atoms with Gasteiger partial charge in [0.25, 0.3) is 11.8 Å². The molecule has 4 heterocycles. The van der Waals surface area contributed by atoms with Gasteiger partial charge in [-0.15, -0.1) is 0 Å². The van der Waals surface area contributed by atoms with Gasteiger partial charge in [0.05, 0.1) is 11.1 Å². The molecule has 382 valence electrons. The van der Waals surface area contributed by atoms with Crippen molar-refractivity contribution in [2.24, 2.45) is 0 Å². The van der Waals surface area contributed by atoms with Crippen molar-refractivity contribution < 1.29 is 27.9 Å². The normalized spacial score (nSPS) is 14.1. The number of nitrogens with zero attached hydrogens (tertiary/aromatic N) is 2. The van der Waals surface area contributed by atoms with E-state index in [1.165, 1.54) is 44.6 Å². The molecular weight excluding hydrogens is 953 g/mol. The molecule has 2 amide bonds. The molecule has 2 N–H and O–H groups in total. The molecule has 2 aromatic heterocycles. The summed E-state index contributed by atoms with van der Waals surface area (Å²) in [5.74, 6) is 0.684. The highest BCUT2D eigenvalue weighted by atomic mass is 16.5. The summed E-state index contributed by atoms with van der Waals surface area (Å²) < 4.78 is 23.9. The van der Waals surface area contributed by atoms with Crippen LogP contribution in [0.4, 0.5) is 11.4 Å². The van der Waals surface area contributed by atoms with Crippen molar-refractivity contribution in [3.8, 4) is 56.0 Å². The number of nitrogens with one attached hydrogen (secondary N) is 2. The summed E-state index contributed by atoms with van der Waals surface area (Å²) in [4.78, 5) is 59.8. The third-order valence-electron chi connectivity index (χ3n) is 14.4. The maximum absolute atomic E-state index is 13.8. The highest BCUT2D eigenvalue weighted by Gasteiger charge is 2.22. The molecule has 2 saturated heterocycles. The van der Waals surface area contributed by atoms with Gasteiger partial charge in [-0.3, -0.25) is 19.4 Å². The predicted molar refractivity (Wildman–Crippen MR) is 301 cm³/mol. The van der Waals surface area contributed by atoms with E-state index in [2.05, 4.69) is 20.4 Å². The van der Waals surface area contributed by atoms with Crippen LogP contribution in [0.15, 0.2) is 188 Å². The number of anilines is 2. The molecule has 12 nitrogen and oxygen atoms in total. The molecule has 0 aliphatic carbocycles. The summed E-state index contributed by atoms with van der Waals surface area (Å²) in [6.07, 6.45) is 7.52. The SMILES string of the molecule is O=C(Nc1ccc(-c2c(-c3ccc(OCCN4CCCCC4)cc3)c3ccccc3oc2=O)cc1)c1cccc(C(=O)Nc2ccc(-c3c(-c4ccc(OCCN5CCCCC5)cc4)c4ccccc4oc3=O)cc2)c1. The van der Waals surface area contributed by atoms with E-state index in [9.17, 15) is 19.2 Å². The molecule has 9 aromatic rings. The lowest BCUT2D eigenvalue weighted by molar-refractivity contribution is 0.102. The Bertz CT molecular complexity index is 3400. The van der Waals surface area contributed by atoms with E-state index in [0.717, 1.165) is 83.8 Å². The first-order valence-corrected chi connectivity index (χ1v) is 26.3. The molecule has 0 saturated carbocycles. The molecule has 7 aromatic carbocycles. The van der Waals surface area contributed by atoms with E-state index in [0.29, 0.717) is 58.0 Å². The van der Waals surface area contributed by atoms with Gasteiger partial charge in [0, 0.05) is 57.5 Å². The summed E-state index contributed by atoms with van der Waals surface area (Å²) in [5.41, 5.74) is 6.74. The Kier molecular flexibility index (Phi) is 15.0. The summed E-state index contributed by atoms with van der Waals surface area (Å²) >= 11 is 0. The number of ether oxygens (including phenoxy) is 2. The minimum absolute atomic E-state index is 0.274. The number of para-hydroxylation sites is 2. The maximum Gasteiger partial charge on any atom is 0.344 e. The zero-order valence-electron chi connectivity index (χ0n) is 42.2. The van der Waals surface area contributed by atoms with Crippen LogP contribution in [-0.4, -0.2) is 74.1 Å². The van der Waals surface area contributed by atoms with Gasteiger partial charge in [-0.25, -0.2) is 9.59 Å². The van der Waals surface area contributed by atoms with Gasteiger partial charge in [-0.05, 0) is 153 Å². The van der Waals surface area contributed by atoms with Crippen LogP contribution < -0.4 is 31.4 Å². The smallest absolute Gasteiger partial charge is 0.344 e. The van der Waals surface area contributed by atoms with Crippen LogP contribution in [0.1, 0.15) is 59.2 Å². The predicted octanol–water partition coefficient (Wildman–Crippen LogP) is 12.8. The van der Waals surface area contributed by atoms with Crippen molar-refractivity contribution in [1.29, 1.82) is 0 Å². The molecule has 0 spiro atoms. The Morgan fingerprint density at radius 2 is 0.789 bits per heavy atom. The largest absolute Gasteiger partial charge is 0.492 e. The number of likely N-dealkylation sites (tertiary alicyclic amines) is 2. The fourth-order valence-electron chi connectivity index (χ4n) is 10.5. The number of piperidine rings is 2. The first-order valence-electron chi connectivity index (χ1n) is 26.3. The van der Waals surface area contributed by atoms with Crippen LogP contribution in [0.25, 0.3) is 66.4 Å². The van der Waals surface area contributed by atoms with Crippen molar-refractivity contribution in [3.63, 3.8) is 0 Å². The van der Waals surface area contributed by atoms with Crippen molar-refractivity contribution in [3.05, 3.63) is 202 Å². The molecule has 0 unspecified atom stereocenters. The lowest BCUT2D eigenvalue weighted by Crippen LogP contribution is -2.33. The molecule has 76 heavy (non-hydrogen) atoms. The standard InChI is InChI=1S/C64H58N4O8/c69-61(65-49-26-18-45(19-27-49)59-57(53-14-3-5-16-55(53)75-63(59)71)43-22-30-51(31-23-43)73-40-38-67-34-7-1-8-35-67)47-12-11-13-48(42-47)62(70)66-50-28-20-46(21-29-50)60-58(54-15-4-6-17-56(54)76-64(60)72)44-24-32-52(33-25-44)74-41-39-68-36-9-2-10-37-68/h3-6,11-33,42H,1-2,7-10,34-41H2,(H,65,69)(H,66,70). The van der Waals surface area contributed by atoms with Crippen LogP contribution in [0, 0.1) is 0 Å². The quantitative estimate of drug-likeness (QED) is 0.0898. The first kappa shape index (κ1) is 49.6. The summed E-state index contributed by atoms with van der Waals surface area (Å²) in [6, 6.07) is 51.1. The second-order valence-corrected chi connectivity index (χ2v) is 19.5. The molecule has 0 radical (unpaired) electrons. The minimum atomic E-state index is -0.480. The van der Waals surface area contributed by atoms with Crippen LogP contribution in [0.5, 0.6) is 11.5 Å². The highest BCUT2D eigenvalue weighted by Crippen LogP contribution is 2.39. The number of carbonyl (C=O) groups excluding carboxylic acids is 2. The summed E-state index contributed by atoms with van der Waals surface area (Å²) in [5, 5.41) is 7.45. The fourth-order valence-corrected chi connectivity index (χ4v) is 10.5. The van der Waals surface area contributed by atoms with Crippen molar-refractivity contribution in [2.45, 2.75) is 38.5 Å². The molecule has 2 fully saturated rings. The number of rotatable bonds is 16. The second-order valence-electron chi connectivity index (χ2n) is 19.5. The zero-order valence-corrected chi connectivity index (χ0v) is 42.2. The number of carbonyl (C=O) groups is 2. The van der Waals surface area contributed by atoms with E-state index in [4.69, 9.17) is 18.3 Å². The van der Waals surface area contributed by atoms with Gasteiger partial charge >= 0.3 is 11.3 Å². The maximum atomic E-state index is 13.8.